The number of nitrogens with one attached hydrogen (secondary N) is 2. The Morgan fingerprint density at radius 1 is 1.11 bits per heavy atom. The SMILES string of the molecule is CCNC(=NCc1nnc2ccccn12)NCC(C)(C)c1ccccc1Cl.I. The Hall–Kier alpha value is -1.87. The van der Waals surface area contributed by atoms with Crippen LogP contribution in [-0.4, -0.2) is 33.6 Å². The average Bonchev–Trinajstić information content (AvgIpc) is 3.07. The molecule has 3 rings (SSSR count). The van der Waals surface area contributed by atoms with Crippen LogP contribution in [0, 0.1) is 0 Å². The van der Waals surface area contributed by atoms with E-state index >= 15 is 0 Å². The number of hydrogen-bond acceptors (Lipinski definition) is 3. The summed E-state index contributed by atoms with van der Waals surface area (Å²) in [5.74, 6) is 1.54. The smallest absolute Gasteiger partial charge is 0.191 e. The van der Waals surface area contributed by atoms with E-state index in [9.17, 15) is 0 Å². The van der Waals surface area contributed by atoms with Gasteiger partial charge >= 0.3 is 0 Å². The first-order valence-corrected chi connectivity index (χ1v) is 9.45. The number of nitrogens with zero attached hydrogens (tertiary/aromatic N) is 4. The number of aliphatic imine (C=N–C) groups is 1. The lowest BCUT2D eigenvalue weighted by Gasteiger charge is -2.27. The van der Waals surface area contributed by atoms with E-state index in [1.54, 1.807) is 0 Å². The molecule has 2 heterocycles. The van der Waals surface area contributed by atoms with Crippen molar-refractivity contribution in [2.75, 3.05) is 13.1 Å². The quantitative estimate of drug-likeness (QED) is 0.297. The molecule has 0 aliphatic heterocycles. The zero-order valence-corrected chi connectivity index (χ0v) is 19.4. The third-order valence-electron chi connectivity index (χ3n) is 4.41. The number of benzene rings is 1. The molecule has 0 spiro atoms. The van der Waals surface area contributed by atoms with Gasteiger partial charge in [-0.3, -0.25) is 4.40 Å². The number of aromatic nitrogens is 3. The minimum Gasteiger partial charge on any atom is -0.357 e. The van der Waals surface area contributed by atoms with Gasteiger partial charge in [0.15, 0.2) is 17.4 Å². The molecule has 0 fully saturated rings. The molecule has 8 heteroatoms. The molecule has 28 heavy (non-hydrogen) atoms. The van der Waals surface area contributed by atoms with Crippen molar-refractivity contribution < 1.29 is 0 Å². The molecule has 0 bridgehead atoms. The van der Waals surface area contributed by atoms with Gasteiger partial charge in [0.1, 0.15) is 6.54 Å². The summed E-state index contributed by atoms with van der Waals surface area (Å²) in [6.45, 7) is 8.28. The second kappa shape index (κ2) is 10.1. The van der Waals surface area contributed by atoms with Crippen LogP contribution in [0.15, 0.2) is 53.7 Å². The van der Waals surface area contributed by atoms with Gasteiger partial charge in [0.25, 0.3) is 0 Å². The summed E-state index contributed by atoms with van der Waals surface area (Å²) >= 11 is 6.38. The third-order valence-corrected chi connectivity index (χ3v) is 4.74. The van der Waals surface area contributed by atoms with Gasteiger partial charge < -0.3 is 10.6 Å². The fourth-order valence-corrected chi connectivity index (χ4v) is 3.29. The molecular weight excluding hydrogens is 487 g/mol. The molecular formula is C20H26ClIN6. The summed E-state index contributed by atoms with van der Waals surface area (Å²) in [4.78, 5) is 4.66. The maximum atomic E-state index is 6.38. The fourth-order valence-electron chi connectivity index (χ4n) is 2.90. The lowest BCUT2D eigenvalue weighted by Crippen LogP contribution is -2.43. The normalized spacial score (nSPS) is 11.9. The molecule has 3 aromatic rings. The molecule has 150 valence electrons. The zero-order valence-electron chi connectivity index (χ0n) is 16.3. The predicted octanol–water partition coefficient (Wildman–Crippen LogP) is 4.03. The van der Waals surface area contributed by atoms with E-state index < -0.39 is 0 Å². The number of guanidine groups is 1. The van der Waals surface area contributed by atoms with Gasteiger partial charge in [-0.1, -0.05) is 49.7 Å². The highest BCUT2D eigenvalue weighted by atomic mass is 127. The number of halogens is 2. The molecule has 0 unspecified atom stereocenters. The van der Waals surface area contributed by atoms with Crippen LogP contribution in [-0.2, 0) is 12.0 Å². The molecule has 0 aliphatic carbocycles. The monoisotopic (exact) mass is 512 g/mol. The second-order valence-corrected chi connectivity index (χ2v) is 7.36. The first kappa shape index (κ1) is 22.4. The van der Waals surface area contributed by atoms with Crippen molar-refractivity contribution in [3.63, 3.8) is 0 Å². The highest BCUT2D eigenvalue weighted by Crippen LogP contribution is 2.28. The first-order chi connectivity index (χ1) is 13.0. The maximum Gasteiger partial charge on any atom is 0.191 e. The number of fused-ring (bicyclic) bond motifs is 1. The summed E-state index contributed by atoms with van der Waals surface area (Å²) in [7, 11) is 0. The lowest BCUT2D eigenvalue weighted by atomic mass is 9.84. The Labute approximate surface area is 187 Å². The summed E-state index contributed by atoms with van der Waals surface area (Å²) < 4.78 is 1.95. The van der Waals surface area contributed by atoms with Crippen LogP contribution in [0.1, 0.15) is 32.2 Å². The first-order valence-electron chi connectivity index (χ1n) is 9.07. The van der Waals surface area contributed by atoms with E-state index in [-0.39, 0.29) is 29.4 Å². The number of pyridine rings is 1. The van der Waals surface area contributed by atoms with E-state index in [1.165, 1.54) is 0 Å². The van der Waals surface area contributed by atoms with Crippen molar-refractivity contribution in [2.45, 2.75) is 32.7 Å². The van der Waals surface area contributed by atoms with Crippen LogP contribution in [0.3, 0.4) is 0 Å². The van der Waals surface area contributed by atoms with Crippen LogP contribution < -0.4 is 10.6 Å². The number of rotatable bonds is 6. The Bertz CT molecular complexity index is 937. The molecule has 2 N–H and O–H groups in total. The van der Waals surface area contributed by atoms with Crippen molar-refractivity contribution in [3.05, 3.63) is 65.1 Å². The van der Waals surface area contributed by atoms with Gasteiger partial charge in [-0.15, -0.1) is 34.2 Å². The Morgan fingerprint density at radius 2 is 1.86 bits per heavy atom. The Balaban J connectivity index is 0.00000280. The Morgan fingerprint density at radius 3 is 2.61 bits per heavy atom. The summed E-state index contributed by atoms with van der Waals surface area (Å²) in [6, 6.07) is 13.8. The average molecular weight is 513 g/mol. The van der Waals surface area contributed by atoms with Crippen LogP contribution in [0.2, 0.25) is 5.02 Å². The van der Waals surface area contributed by atoms with E-state index in [2.05, 4.69) is 45.7 Å². The summed E-state index contributed by atoms with van der Waals surface area (Å²) in [5.41, 5.74) is 1.79. The number of hydrogen-bond donors (Lipinski definition) is 2. The highest BCUT2D eigenvalue weighted by molar-refractivity contribution is 14.0. The fraction of sp³-hybridized carbons (Fsp3) is 0.350. The van der Waals surface area contributed by atoms with Crippen LogP contribution in [0.5, 0.6) is 0 Å². The lowest BCUT2D eigenvalue weighted by molar-refractivity contribution is 0.508. The molecule has 0 aliphatic rings. The van der Waals surface area contributed by atoms with Gasteiger partial charge in [-0.05, 0) is 30.7 Å². The van der Waals surface area contributed by atoms with E-state index in [0.29, 0.717) is 13.1 Å². The molecule has 6 nitrogen and oxygen atoms in total. The molecule has 0 saturated heterocycles. The van der Waals surface area contributed by atoms with E-state index in [4.69, 9.17) is 11.6 Å². The second-order valence-electron chi connectivity index (χ2n) is 6.96. The minimum atomic E-state index is -0.143. The van der Waals surface area contributed by atoms with Crippen molar-refractivity contribution in [1.82, 2.24) is 25.2 Å². The van der Waals surface area contributed by atoms with Gasteiger partial charge in [0, 0.05) is 29.7 Å². The van der Waals surface area contributed by atoms with Crippen LogP contribution >= 0.6 is 35.6 Å². The Kier molecular flexibility index (Phi) is 8.06. The highest BCUT2D eigenvalue weighted by Gasteiger charge is 2.23. The maximum absolute atomic E-state index is 6.38. The summed E-state index contributed by atoms with van der Waals surface area (Å²) in [5, 5.41) is 15.9. The van der Waals surface area contributed by atoms with Gasteiger partial charge in [-0.2, -0.15) is 0 Å². The van der Waals surface area contributed by atoms with Crippen molar-refractivity contribution in [2.24, 2.45) is 4.99 Å². The van der Waals surface area contributed by atoms with Crippen molar-refractivity contribution in [1.29, 1.82) is 0 Å². The van der Waals surface area contributed by atoms with E-state index in [0.717, 1.165) is 34.6 Å². The molecule has 1 aromatic carbocycles. The molecule has 0 amide bonds. The third kappa shape index (κ3) is 5.35. The topological polar surface area (TPSA) is 66.6 Å². The molecule has 0 radical (unpaired) electrons. The van der Waals surface area contributed by atoms with Crippen LogP contribution in [0.4, 0.5) is 0 Å². The standard InChI is InChI=1S/C20H25ClN6.HI/c1-4-22-19(23-13-18-26-25-17-11-7-8-12-27(17)18)24-14-20(2,3)15-9-5-6-10-16(15)21;/h5-12H,4,13-14H2,1-3H3,(H2,22,23,24);1H. The van der Waals surface area contributed by atoms with Crippen molar-refractivity contribution in [3.8, 4) is 0 Å². The van der Waals surface area contributed by atoms with Crippen LogP contribution in [0.25, 0.3) is 5.65 Å². The molecule has 2 aromatic heterocycles. The molecule has 0 saturated carbocycles. The summed E-state index contributed by atoms with van der Waals surface area (Å²) in [6.07, 6.45) is 1.95. The van der Waals surface area contributed by atoms with Gasteiger partial charge in [0.05, 0.1) is 0 Å². The van der Waals surface area contributed by atoms with E-state index in [1.807, 2.05) is 53.9 Å². The van der Waals surface area contributed by atoms with Gasteiger partial charge in [-0.25, -0.2) is 4.99 Å². The van der Waals surface area contributed by atoms with Crippen molar-refractivity contribution >= 4 is 47.2 Å². The largest absolute Gasteiger partial charge is 0.357 e. The predicted molar refractivity (Wildman–Crippen MR) is 126 cm³/mol. The van der Waals surface area contributed by atoms with Gasteiger partial charge in [0.2, 0.25) is 0 Å². The zero-order chi connectivity index (χ0) is 19.3. The minimum absolute atomic E-state index is 0. The molecule has 0 atom stereocenters.